The fourth-order valence-corrected chi connectivity index (χ4v) is 1.68. The van der Waals surface area contributed by atoms with Crippen LogP contribution in [0, 0.1) is 5.92 Å². The van der Waals surface area contributed by atoms with Crippen LogP contribution < -0.4 is 0 Å². The Hall–Kier alpha value is -0.105. The molecule has 76 valence electrons. The lowest BCUT2D eigenvalue weighted by atomic mass is 9.78. The van der Waals surface area contributed by atoms with Gasteiger partial charge in [-0.25, -0.2) is 0 Å². The Balaban J connectivity index is 2.16. The van der Waals surface area contributed by atoms with Gasteiger partial charge in [-0.2, -0.15) is 8.42 Å². The van der Waals surface area contributed by atoms with Crippen LogP contribution in [0.1, 0.15) is 0 Å². The first-order valence-corrected chi connectivity index (χ1v) is 5.96. The average molecular weight is 207 g/mol. The van der Waals surface area contributed by atoms with Crippen LogP contribution in [0.2, 0.25) is 6.82 Å². The molecule has 0 aromatic carbocycles. The van der Waals surface area contributed by atoms with Crippen molar-refractivity contribution < 1.29 is 17.6 Å². The highest BCUT2D eigenvalue weighted by Crippen LogP contribution is 2.16. The van der Waals surface area contributed by atoms with E-state index in [1.807, 2.05) is 4.81 Å². The number of rotatable bonds is 4. The lowest BCUT2D eigenvalue weighted by molar-refractivity contribution is 0.118. The van der Waals surface area contributed by atoms with Crippen molar-refractivity contribution in [3.63, 3.8) is 0 Å². The summed E-state index contributed by atoms with van der Waals surface area (Å²) in [5.74, 6) is 0.226. The smallest absolute Gasteiger partial charge is 0.376 e. The quantitative estimate of drug-likeness (QED) is 0.473. The Morgan fingerprint density at radius 1 is 1.62 bits per heavy atom. The molecule has 0 atom stereocenters. The van der Waals surface area contributed by atoms with Crippen molar-refractivity contribution in [2.24, 2.45) is 5.92 Å². The lowest BCUT2D eigenvalue weighted by Crippen LogP contribution is -2.55. The Morgan fingerprint density at radius 2 is 2.15 bits per heavy atom. The highest BCUT2D eigenvalue weighted by Gasteiger charge is 2.32. The third-order valence-electron chi connectivity index (χ3n) is 2.03. The number of hydrogen-bond acceptors (Lipinski definition) is 5. The molecule has 1 aliphatic heterocycles. The monoisotopic (exact) mass is 207 g/mol. The molecule has 7 heteroatoms. The summed E-state index contributed by atoms with van der Waals surface area (Å²) in [7, 11) is -3.76. The first kappa shape index (κ1) is 11.0. The molecule has 0 aliphatic carbocycles. The summed E-state index contributed by atoms with van der Waals surface area (Å²) in [4.78, 5) is 1.84. The molecule has 1 saturated heterocycles. The van der Waals surface area contributed by atoms with Crippen molar-refractivity contribution in [3.05, 3.63) is 0 Å². The van der Waals surface area contributed by atoms with Gasteiger partial charge in [-0.1, -0.05) is 0 Å². The zero-order valence-corrected chi connectivity index (χ0v) is 8.62. The van der Waals surface area contributed by atoms with Gasteiger partial charge in [-0.05, 0) is 19.9 Å². The molecular weight excluding hydrogens is 193 g/mol. The van der Waals surface area contributed by atoms with E-state index in [-0.39, 0.29) is 12.5 Å². The van der Waals surface area contributed by atoms with Gasteiger partial charge in [0.2, 0.25) is 0 Å². The molecule has 0 amide bonds. The molecular formula is C6H14BNO4S. The minimum absolute atomic E-state index is 0.224. The maximum atomic E-state index is 10.6. The SMILES string of the molecule is CB(O)N1CC(COS(C)(=O)=O)C1. The highest BCUT2D eigenvalue weighted by molar-refractivity contribution is 7.85. The standard InChI is InChI=1S/C6H14BNO4S/c1-7(9)8-3-6(4-8)5-12-13(2,10)11/h6,9H,3-5H2,1-2H3. The summed E-state index contributed by atoms with van der Waals surface area (Å²) < 4.78 is 25.8. The van der Waals surface area contributed by atoms with Crippen LogP contribution in [-0.2, 0) is 14.3 Å². The molecule has 0 saturated carbocycles. The minimum Gasteiger partial charge on any atom is -0.437 e. The van der Waals surface area contributed by atoms with Gasteiger partial charge in [0, 0.05) is 5.92 Å². The molecule has 1 aliphatic rings. The van der Waals surface area contributed by atoms with Crippen molar-refractivity contribution in [3.8, 4) is 0 Å². The number of hydrogen-bond donors (Lipinski definition) is 1. The summed E-state index contributed by atoms with van der Waals surface area (Å²) >= 11 is 0. The second-order valence-electron chi connectivity index (χ2n) is 3.44. The summed E-state index contributed by atoms with van der Waals surface area (Å²) in [6.07, 6.45) is 1.04. The van der Waals surface area contributed by atoms with Crippen molar-refractivity contribution in [1.29, 1.82) is 0 Å². The Bertz CT molecular complexity index is 260. The maximum absolute atomic E-state index is 10.6. The van der Waals surface area contributed by atoms with Crippen LogP contribution in [-0.4, -0.2) is 51.3 Å². The van der Waals surface area contributed by atoms with Gasteiger partial charge < -0.3 is 9.83 Å². The molecule has 0 radical (unpaired) electrons. The van der Waals surface area contributed by atoms with E-state index in [4.69, 9.17) is 5.02 Å². The third-order valence-corrected chi connectivity index (χ3v) is 2.60. The maximum Gasteiger partial charge on any atom is 0.376 e. The molecule has 0 unspecified atom stereocenters. The molecule has 13 heavy (non-hydrogen) atoms. The molecule has 5 nitrogen and oxygen atoms in total. The van der Waals surface area contributed by atoms with E-state index in [1.54, 1.807) is 6.82 Å². The van der Waals surface area contributed by atoms with Crippen LogP contribution in [0.15, 0.2) is 0 Å². The zero-order valence-electron chi connectivity index (χ0n) is 7.80. The van der Waals surface area contributed by atoms with Gasteiger partial charge in [0.25, 0.3) is 10.1 Å². The van der Waals surface area contributed by atoms with Crippen LogP contribution in [0.3, 0.4) is 0 Å². The van der Waals surface area contributed by atoms with Crippen LogP contribution in [0.4, 0.5) is 0 Å². The average Bonchev–Trinajstić information content (AvgIpc) is 1.79. The van der Waals surface area contributed by atoms with Crippen molar-refractivity contribution in [1.82, 2.24) is 4.81 Å². The summed E-state index contributed by atoms with van der Waals surface area (Å²) in [6, 6.07) is 0. The Labute approximate surface area is 78.9 Å². The van der Waals surface area contributed by atoms with Crippen molar-refractivity contribution in [2.45, 2.75) is 6.82 Å². The molecule has 0 bridgehead atoms. The van der Waals surface area contributed by atoms with Crippen LogP contribution in [0.5, 0.6) is 0 Å². The molecule has 0 spiro atoms. The topological polar surface area (TPSA) is 66.8 Å². The highest BCUT2D eigenvalue weighted by atomic mass is 32.2. The molecule has 0 aromatic heterocycles. The van der Waals surface area contributed by atoms with E-state index >= 15 is 0 Å². The summed E-state index contributed by atoms with van der Waals surface area (Å²) in [5.41, 5.74) is 0. The van der Waals surface area contributed by atoms with E-state index in [9.17, 15) is 8.42 Å². The molecule has 1 heterocycles. The van der Waals surface area contributed by atoms with E-state index in [2.05, 4.69) is 4.18 Å². The largest absolute Gasteiger partial charge is 0.437 e. The molecule has 1 fully saturated rings. The fourth-order valence-electron chi connectivity index (χ4n) is 1.24. The van der Waals surface area contributed by atoms with Gasteiger partial charge in [0.1, 0.15) is 0 Å². The second kappa shape index (κ2) is 3.95. The molecule has 1 rings (SSSR count). The van der Waals surface area contributed by atoms with Gasteiger partial charge in [-0.3, -0.25) is 4.18 Å². The van der Waals surface area contributed by atoms with E-state index in [1.165, 1.54) is 0 Å². The number of nitrogens with zero attached hydrogens (tertiary/aromatic N) is 1. The van der Waals surface area contributed by atoms with E-state index < -0.39 is 17.2 Å². The molecule has 1 N–H and O–H groups in total. The first-order chi connectivity index (χ1) is 5.88. The van der Waals surface area contributed by atoms with E-state index in [0.717, 1.165) is 6.26 Å². The van der Waals surface area contributed by atoms with Crippen LogP contribution >= 0.6 is 0 Å². The van der Waals surface area contributed by atoms with Crippen LogP contribution in [0.25, 0.3) is 0 Å². The third kappa shape index (κ3) is 3.64. The second-order valence-corrected chi connectivity index (χ2v) is 5.08. The van der Waals surface area contributed by atoms with E-state index in [0.29, 0.717) is 13.1 Å². The van der Waals surface area contributed by atoms with Gasteiger partial charge >= 0.3 is 7.05 Å². The lowest BCUT2D eigenvalue weighted by Gasteiger charge is -2.39. The Kier molecular flexibility index (Phi) is 3.34. The molecule has 0 aromatic rings. The first-order valence-electron chi connectivity index (χ1n) is 4.15. The van der Waals surface area contributed by atoms with Gasteiger partial charge in [0.05, 0.1) is 12.9 Å². The normalized spacial score (nSPS) is 19.9. The summed E-state index contributed by atoms with van der Waals surface area (Å²) in [6.45, 7) is 3.32. The van der Waals surface area contributed by atoms with Crippen molar-refractivity contribution in [2.75, 3.05) is 26.0 Å². The Morgan fingerprint density at radius 3 is 2.54 bits per heavy atom. The van der Waals surface area contributed by atoms with Crippen molar-refractivity contribution >= 4 is 17.2 Å². The fraction of sp³-hybridized carbons (Fsp3) is 1.00. The predicted octanol–water partition coefficient (Wildman–Crippen LogP) is -0.995. The summed E-state index contributed by atoms with van der Waals surface area (Å²) in [5, 5.41) is 9.08. The minimum atomic E-state index is -3.31. The zero-order chi connectivity index (χ0) is 10.1. The predicted molar refractivity (Wildman–Crippen MR) is 49.7 cm³/mol. The van der Waals surface area contributed by atoms with Gasteiger partial charge in [-0.15, -0.1) is 0 Å². The van der Waals surface area contributed by atoms with Gasteiger partial charge in [0.15, 0.2) is 0 Å².